The maximum Gasteiger partial charge on any atom is 0.573 e. The number of ether oxygens (including phenoxy) is 2. The third kappa shape index (κ3) is 4.71. The van der Waals surface area contributed by atoms with Crippen LogP contribution in [0.2, 0.25) is 0 Å². The second-order valence-corrected chi connectivity index (χ2v) is 14.8. The van der Waals surface area contributed by atoms with Crippen LogP contribution in [0, 0.1) is 39.9 Å². The number of nitrogens with zero attached hydrogens (tertiary/aromatic N) is 2. The van der Waals surface area contributed by atoms with Crippen molar-refractivity contribution in [2.75, 3.05) is 37.7 Å². The number of carbonyl (C=O) groups excluding carboxylic acids is 1. The first kappa shape index (κ1) is 30.0. The smallest absolute Gasteiger partial charge is 0.406 e. The lowest BCUT2D eigenvalue weighted by molar-refractivity contribution is -0.274. The zero-order valence-corrected chi connectivity index (χ0v) is 25.5. The van der Waals surface area contributed by atoms with E-state index in [4.69, 9.17) is 4.74 Å². The predicted octanol–water partition coefficient (Wildman–Crippen LogP) is 6.57. The molecule has 10 heteroatoms. The van der Waals surface area contributed by atoms with E-state index in [0.717, 1.165) is 64.4 Å². The summed E-state index contributed by atoms with van der Waals surface area (Å²) in [5.74, 6) is 1.10. The zero-order chi connectivity index (χ0) is 30.3. The topological polar surface area (TPSA) is 74.3 Å². The van der Waals surface area contributed by atoms with Crippen LogP contribution in [0.15, 0.2) is 18.2 Å². The first-order chi connectivity index (χ1) is 19.6. The molecule has 0 amide bonds. The number of Topliss-reactive ketones (excluding diaryl/α,β-unsaturated/α-hetero) is 1. The van der Waals surface area contributed by atoms with Crippen LogP contribution in [-0.4, -0.2) is 55.3 Å². The van der Waals surface area contributed by atoms with E-state index >= 15 is 0 Å². The van der Waals surface area contributed by atoms with E-state index in [9.17, 15) is 23.1 Å². The van der Waals surface area contributed by atoms with Gasteiger partial charge in [0, 0.05) is 31.6 Å². The van der Waals surface area contributed by atoms with Crippen LogP contribution in [0.1, 0.15) is 78.6 Å². The molecule has 234 valence electrons. The third-order valence-corrected chi connectivity index (χ3v) is 12.5. The molecule has 7 nitrogen and oxygen atoms in total. The number of hydrogen-bond donors (Lipinski definition) is 2. The number of hydrogen-bond acceptors (Lipinski definition) is 7. The van der Waals surface area contributed by atoms with Gasteiger partial charge in [0.05, 0.1) is 30.1 Å². The summed E-state index contributed by atoms with van der Waals surface area (Å²) in [5.41, 5.74) is 3.69. The quantitative estimate of drug-likeness (QED) is 0.386. The second kappa shape index (κ2) is 9.99. The molecule has 5 aliphatic rings. The van der Waals surface area contributed by atoms with Crippen molar-refractivity contribution in [2.24, 2.45) is 39.9 Å². The predicted molar refractivity (Wildman–Crippen MR) is 154 cm³/mol. The van der Waals surface area contributed by atoms with E-state index in [1.54, 1.807) is 23.2 Å². The number of rotatable bonds is 6. The Kier molecular flexibility index (Phi) is 7.14. The molecule has 1 aromatic rings. The lowest BCUT2D eigenvalue weighted by atomic mass is 9.38. The molecule has 0 radical (unpaired) electrons. The van der Waals surface area contributed by atoms with Gasteiger partial charge in [-0.1, -0.05) is 13.8 Å². The Labute approximate surface area is 247 Å². The number of benzene rings is 1. The highest BCUT2D eigenvalue weighted by Crippen LogP contribution is 2.73. The first-order valence-electron chi connectivity index (χ1n) is 15.5. The fourth-order valence-corrected chi connectivity index (χ4v) is 10.8. The largest absolute Gasteiger partial charge is 0.573 e. The van der Waals surface area contributed by atoms with Gasteiger partial charge in [0.25, 0.3) is 0 Å². The molecule has 0 unspecified atom stereocenters. The summed E-state index contributed by atoms with van der Waals surface area (Å²) in [6.07, 6.45) is 3.92. The van der Waals surface area contributed by atoms with Crippen LogP contribution in [0.4, 0.5) is 24.5 Å². The zero-order valence-electron chi connectivity index (χ0n) is 25.5. The highest BCUT2D eigenvalue weighted by Gasteiger charge is 2.67. The fraction of sp³-hybridized carbons (Fsp3) is 0.781. The molecule has 4 fully saturated rings. The van der Waals surface area contributed by atoms with Crippen LogP contribution >= 0.6 is 0 Å². The maximum absolute atomic E-state index is 14.1. The summed E-state index contributed by atoms with van der Waals surface area (Å²) in [6, 6.07) is 4.16. The molecular formula is C32H46F3N3O4. The van der Waals surface area contributed by atoms with E-state index in [2.05, 4.69) is 24.0 Å². The summed E-state index contributed by atoms with van der Waals surface area (Å²) in [7, 11) is 3.57. The van der Waals surface area contributed by atoms with Crippen LogP contribution in [-0.2, 0) is 9.53 Å². The maximum atomic E-state index is 14.1. The van der Waals surface area contributed by atoms with Crippen molar-refractivity contribution >= 4 is 17.2 Å². The Bertz CT molecular complexity index is 1230. The van der Waals surface area contributed by atoms with Gasteiger partial charge in [-0.25, -0.2) is 0 Å². The molecule has 1 aliphatic heterocycles. The molecule has 1 heterocycles. The van der Waals surface area contributed by atoms with Crippen molar-refractivity contribution in [3.63, 3.8) is 0 Å². The van der Waals surface area contributed by atoms with Gasteiger partial charge in [-0.05, 0) is 105 Å². The average molecular weight is 594 g/mol. The Morgan fingerprint density at radius 3 is 2.50 bits per heavy atom. The summed E-state index contributed by atoms with van der Waals surface area (Å²) in [4.78, 5) is 14.1. The Morgan fingerprint density at radius 1 is 1.05 bits per heavy atom. The highest BCUT2D eigenvalue weighted by atomic mass is 19.4. The summed E-state index contributed by atoms with van der Waals surface area (Å²) >= 11 is 0. The number of methoxy groups -OCH3 is 1. The molecule has 42 heavy (non-hydrogen) atoms. The van der Waals surface area contributed by atoms with Gasteiger partial charge in [-0.2, -0.15) is 0 Å². The minimum atomic E-state index is -4.79. The average Bonchev–Trinajstić information content (AvgIpc) is 3.40. The van der Waals surface area contributed by atoms with Crippen molar-refractivity contribution in [3.8, 4) is 5.75 Å². The van der Waals surface area contributed by atoms with E-state index in [0.29, 0.717) is 29.1 Å². The van der Waals surface area contributed by atoms with E-state index < -0.39 is 12.0 Å². The van der Waals surface area contributed by atoms with Gasteiger partial charge >= 0.3 is 6.36 Å². The number of halogens is 3. The number of alkyl halides is 3. The minimum absolute atomic E-state index is 0.0667. The standard InChI is InChI=1S/C32H46F3N3O4/c1-28(40)14-15-31(19-41-5)20(17-28)10-12-30(3)26-9-7-22(29(26,2)13-11-27(30)31)25(39)18-38-24-16-21(42-32(33,34)35)6-8-23(24)36-37(38)4/h6,8,16,20,22,26-27,36,40H,7,9-15,17-19H2,1-5H3/t20-,22+,26+,27-,28+,29+,30-,31+/m0/s1. The van der Waals surface area contributed by atoms with Crippen molar-refractivity contribution < 1.29 is 32.5 Å². The van der Waals surface area contributed by atoms with E-state index in [1.165, 1.54) is 12.1 Å². The number of fused-ring (bicyclic) bond motifs is 6. The van der Waals surface area contributed by atoms with Crippen molar-refractivity contribution in [1.29, 1.82) is 0 Å². The van der Waals surface area contributed by atoms with Crippen LogP contribution < -0.4 is 15.2 Å². The van der Waals surface area contributed by atoms with Crippen LogP contribution in [0.5, 0.6) is 5.75 Å². The molecule has 1 aromatic carbocycles. The molecule has 8 atom stereocenters. The highest BCUT2D eigenvalue weighted by molar-refractivity contribution is 5.89. The van der Waals surface area contributed by atoms with Crippen molar-refractivity contribution in [3.05, 3.63) is 18.2 Å². The number of aliphatic hydroxyl groups is 1. The Hall–Kier alpha value is -2.04. The van der Waals surface area contributed by atoms with Crippen LogP contribution in [0.3, 0.4) is 0 Å². The van der Waals surface area contributed by atoms with Gasteiger partial charge < -0.3 is 14.6 Å². The molecule has 6 rings (SSSR count). The molecule has 2 N–H and O–H groups in total. The number of ketones is 1. The minimum Gasteiger partial charge on any atom is -0.406 e. The first-order valence-corrected chi connectivity index (χ1v) is 15.5. The molecule has 0 spiro atoms. The fourth-order valence-electron chi connectivity index (χ4n) is 10.8. The lowest BCUT2D eigenvalue weighted by Crippen LogP contribution is -2.62. The Morgan fingerprint density at radius 2 is 1.79 bits per heavy atom. The van der Waals surface area contributed by atoms with Gasteiger partial charge in [0.2, 0.25) is 0 Å². The molecule has 0 aromatic heterocycles. The van der Waals surface area contributed by atoms with Gasteiger partial charge in [0.15, 0.2) is 5.78 Å². The third-order valence-electron chi connectivity index (χ3n) is 12.5. The molecular weight excluding hydrogens is 547 g/mol. The number of carbonyl (C=O) groups is 1. The van der Waals surface area contributed by atoms with Gasteiger partial charge in [-0.15, -0.1) is 18.3 Å². The summed E-state index contributed by atoms with van der Waals surface area (Å²) in [5, 5.41) is 14.3. The normalized spacial score (nSPS) is 41.4. The van der Waals surface area contributed by atoms with Crippen molar-refractivity contribution in [1.82, 2.24) is 5.12 Å². The number of nitrogens with one attached hydrogen (secondary N) is 1. The number of anilines is 2. The summed E-state index contributed by atoms with van der Waals surface area (Å²) < 4.78 is 48.8. The molecule has 0 bridgehead atoms. The monoisotopic (exact) mass is 593 g/mol. The van der Waals surface area contributed by atoms with E-state index in [-0.39, 0.29) is 40.2 Å². The van der Waals surface area contributed by atoms with Crippen molar-refractivity contribution in [2.45, 2.75) is 90.5 Å². The summed E-state index contributed by atoms with van der Waals surface area (Å²) in [6.45, 7) is 7.60. The molecule has 4 saturated carbocycles. The number of hydrazine groups is 2. The molecule has 4 aliphatic carbocycles. The SMILES string of the molecule is COC[C@]12CC[C@@](C)(O)C[C@@H]1CC[C@@]1(C)[C@@H]3CC[C@H](C(=O)CN4c5cc(OC(F)(F)F)ccc5NN4C)[C@@]3(C)CC[C@@H]12. The lowest BCUT2D eigenvalue weighted by Gasteiger charge is -2.67. The second-order valence-electron chi connectivity index (χ2n) is 14.8. The van der Waals surface area contributed by atoms with Gasteiger partial charge in [0.1, 0.15) is 5.75 Å². The van der Waals surface area contributed by atoms with E-state index in [1.807, 2.05) is 14.0 Å². The van der Waals surface area contributed by atoms with Crippen LogP contribution in [0.25, 0.3) is 0 Å². The molecule has 0 saturated heterocycles. The van der Waals surface area contributed by atoms with Gasteiger partial charge in [-0.3, -0.25) is 15.2 Å². The Balaban J connectivity index is 1.23.